The van der Waals surface area contributed by atoms with E-state index in [0.29, 0.717) is 12.8 Å². The average molecular weight is 415 g/mol. The molecular formula is C26H26N2O3. The zero-order valence-electron chi connectivity index (χ0n) is 17.7. The Morgan fingerprint density at radius 2 is 1.65 bits per heavy atom. The van der Waals surface area contributed by atoms with Gasteiger partial charge in [0.05, 0.1) is 19.1 Å². The first-order valence-electron chi connectivity index (χ1n) is 10.5. The third-order valence-corrected chi connectivity index (χ3v) is 5.83. The van der Waals surface area contributed by atoms with Crippen molar-refractivity contribution in [2.24, 2.45) is 5.92 Å². The van der Waals surface area contributed by atoms with Crippen LogP contribution in [0.2, 0.25) is 0 Å². The van der Waals surface area contributed by atoms with E-state index in [1.54, 1.807) is 12.0 Å². The molecule has 0 radical (unpaired) electrons. The van der Waals surface area contributed by atoms with Gasteiger partial charge in [-0.2, -0.15) is 0 Å². The van der Waals surface area contributed by atoms with Crippen LogP contribution in [0.1, 0.15) is 30.0 Å². The number of rotatable bonds is 5. The van der Waals surface area contributed by atoms with Gasteiger partial charge in [-0.05, 0) is 54.8 Å². The summed E-state index contributed by atoms with van der Waals surface area (Å²) in [5.74, 6) is 0.285. The van der Waals surface area contributed by atoms with Crippen LogP contribution >= 0.6 is 0 Å². The molecule has 3 aromatic rings. The monoisotopic (exact) mass is 414 g/mol. The second kappa shape index (κ2) is 9.04. The molecule has 1 aliphatic heterocycles. The van der Waals surface area contributed by atoms with Gasteiger partial charge in [-0.3, -0.25) is 9.59 Å². The van der Waals surface area contributed by atoms with Crippen LogP contribution in [0.3, 0.4) is 0 Å². The number of aryl methyl sites for hydroxylation is 1. The maximum Gasteiger partial charge on any atom is 0.229 e. The highest BCUT2D eigenvalue weighted by atomic mass is 16.5. The summed E-state index contributed by atoms with van der Waals surface area (Å²) in [5.41, 5.74) is 3.50. The molecule has 2 atom stereocenters. The lowest BCUT2D eigenvalue weighted by molar-refractivity contribution is -0.125. The van der Waals surface area contributed by atoms with E-state index in [2.05, 4.69) is 5.32 Å². The Morgan fingerprint density at radius 1 is 0.968 bits per heavy atom. The van der Waals surface area contributed by atoms with Crippen molar-refractivity contribution < 1.29 is 14.3 Å². The number of nitrogens with one attached hydrogen (secondary N) is 1. The molecule has 31 heavy (non-hydrogen) atoms. The lowest BCUT2D eigenvalue weighted by atomic mass is 9.83. The van der Waals surface area contributed by atoms with Crippen molar-refractivity contribution in [1.29, 1.82) is 0 Å². The van der Waals surface area contributed by atoms with E-state index in [0.717, 1.165) is 28.3 Å². The lowest BCUT2D eigenvalue weighted by Crippen LogP contribution is -2.47. The minimum atomic E-state index is -0.389. The number of benzene rings is 3. The van der Waals surface area contributed by atoms with Crippen LogP contribution in [-0.4, -0.2) is 18.9 Å². The first-order valence-corrected chi connectivity index (χ1v) is 10.5. The summed E-state index contributed by atoms with van der Waals surface area (Å²) in [6.07, 6.45) is 0.823. The quantitative estimate of drug-likeness (QED) is 0.630. The molecule has 0 aliphatic carbocycles. The maximum absolute atomic E-state index is 13.4. The largest absolute Gasteiger partial charge is 0.497 e. The number of carbonyl (C=O) groups is 2. The normalized spacial score (nSPS) is 18.5. The molecule has 5 nitrogen and oxygen atoms in total. The predicted molar refractivity (Wildman–Crippen MR) is 122 cm³/mol. The SMILES string of the molecule is COc1ccc(N2C(=O)CCC(C(=O)Nc3ccccc3C)C2c2ccccc2)cc1. The van der Waals surface area contributed by atoms with E-state index in [1.807, 2.05) is 85.8 Å². The summed E-state index contributed by atoms with van der Waals surface area (Å²) < 4.78 is 5.26. The Bertz CT molecular complexity index is 1060. The average Bonchev–Trinajstić information content (AvgIpc) is 2.81. The van der Waals surface area contributed by atoms with Crippen molar-refractivity contribution in [3.05, 3.63) is 90.0 Å². The van der Waals surface area contributed by atoms with E-state index in [9.17, 15) is 9.59 Å². The van der Waals surface area contributed by atoms with Gasteiger partial charge < -0.3 is 15.0 Å². The Labute approximate surface area is 182 Å². The fourth-order valence-electron chi connectivity index (χ4n) is 4.18. The Morgan fingerprint density at radius 3 is 2.32 bits per heavy atom. The molecule has 1 N–H and O–H groups in total. The van der Waals surface area contributed by atoms with Crippen LogP contribution in [0.15, 0.2) is 78.9 Å². The van der Waals surface area contributed by atoms with Gasteiger partial charge in [0.25, 0.3) is 0 Å². The molecule has 1 aliphatic rings. The highest BCUT2D eigenvalue weighted by Gasteiger charge is 2.41. The first-order chi connectivity index (χ1) is 15.1. The number of piperidine rings is 1. The number of nitrogens with zero attached hydrogens (tertiary/aromatic N) is 1. The minimum Gasteiger partial charge on any atom is -0.497 e. The van der Waals surface area contributed by atoms with Gasteiger partial charge in [0.1, 0.15) is 5.75 Å². The molecule has 0 aromatic heterocycles. The van der Waals surface area contributed by atoms with E-state index in [-0.39, 0.29) is 23.8 Å². The van der Waals surface area contributed by atoms with Crippen LogP contribution in [-0.2, 0) is 9.59 Å². The smallest absolute Gasteiger partial charge is 0.229 e. The number of carbonyl (C=O) groups excluding carboxylic acids is 2. The van der Waals surface area contributed by atoms with Gasteiger partial charge in [-0.15, -0.1) is 0 Å². The van der Waals surface area contributed by atoms with Gasteiger partial charge in [-0.25, -0.2) is 0 Å². The number of anilines is 2. The van der Waals surface area contributed by atoms with Crippen molar-refractivity contribution in [3.63, 3.8) is 0 Å². The fraction of sp³-hybridized carbons (Fsp3) is 0.231. The topological polar surface area (TPSA) is 58.6 Å². The molecule has 0 saturated carbocycles. The number of para-hydroxylation sites is 1. The second-order valence-corrected chi connectivity index (χ2v) is 7.77. The van der Waals surface area contributed by atoms with Crippen molar-refractivity contribution in [1.82, 2.24) is 0 Å². The minimum absolute atomic E-state index is 0.0129. The van der Waals surface area contributed by atoms with Crippen molar-refractivity contribution in [2.75, 3.05) is 17.3 Å². The standard InChI is InChI=1S/C26H26N2O3/c1-18-8-6-7-11-23(18)27-26(30)22-16-17-24(29)28(20-12-14-21(31-2)15-13-20)25(22)19-9-4-3-5-10-19/h3-15,22,25H,16-17H2,1-2H3,(H,27,30). The first kappa shape index (κ1) is 20.7. The maximum atomic E-state index is 13.4. The van der Waals surface area contributed by atoms with E-state index < -0.39 is 0 Å². The van der Waals surface area contributed by atoms with Gasteiger partial charge in [0.15, 0.2) is 0 Å². The third-order valence-electron chi connectivity index (χ3n) is 5.83. The van der Waals surface area contributed by atoms with E-state index in [4.69, 9.17) is 4.74 Å². The Balaban J connectivity index is 1.72. The zero-order chi connectivity index (χ0) is 21.8. The molecule has 1 fully saturated rings. The number of amides is 2. The summed E-state index contributed by atoms with van der Waals surface area (Å²) in [7, 11) is 1.61. The fourth-order valence-corrected chi connectivity index (χ4v) is 4.18. The summed E-state index contributed by atoms with van der Waals surface area (Å²) in [4.78, 5) is 28.3. The molecule has 0 spiro atoms. The molecule has 158 valence electrons. The molecule has 4 rings (SSSR count). The summed E-state index contributed by atoms with van der Waals surface area (Å²) >= 11 is 0. The summed E-state index contributed by atoms with van der Waals surface area (Å²) in [5, 5.41) is 3.09. The number of hydrogen-bond donors (Lipinski definition) is 1. The van der Waals surface area contributed by atoms with E-state index >= 15 is 0 Å². The number of ether oxygens (including phenoxy) is 1. The van der Waals surface area contributed by atoms with Crippen molar-refractivity contribution in [2.45, 2.75) is 25.8 Å². The zero-order valence-corrected chi connectivity index (χ0v) is 17.7. The lowest BCUT2D eigenvalue weighted by Gasteiger charge is -2.41. The van der Waals surface area contributed by atoms with Gasteiger partial charge in [-0.1, -0.05) is 48.5 Å². The molecule has 2 amide bonds. The summed E-state index contributed by atoms with van der Waals surface area (Å²) in [6.45, 7) is 1.97. The van der Waals surface area contributed by atoms with Crippen molar-refractivity contribution >= 4 is 23.2 Å². The second-order valence-electron chi connectivity index (χ2n) is 7.77. The van der Waals surface area contributed by atoms with Crippen LogP contribution < -0.4 is 15.0 Å². The van der Waals surface area contributed by atoms with Gasteiger partial charge >= 0.3 is 0 Å². The number of methoxy groups -OCH3 is 1. The molecule has 5 heteroatoms. The Kier molecular flexibility index (Phi) is 6.03. The number of hydrogen-bond acceptors (Lipinski definition) is 3. The Hall–Kier alpha value is -3.60. The van der Waals surface area contributed by atoms with Crippen LogP contribution in [0.25, 0.3) is 0 Å². The third kappa shape index (κ3) is 4.31. The molecule has 1 heterocycles. The molecule has 1 saturated heterocycles. The van der Waals surface area contributed by atoms with Gasteiger partial charge in [0.2, 0.25) is 11.8 Å². The van der Waals surface area contributed by atoms with Crippen LogP contribution in [0.4, 0.5) is 11.4 Å². The van der Waals surface area contributed by atoms with Crippen molar-refractivity contribution in [3.8, 4) is 5.75 Å². The molecule has 2 unspecified atom stereocenters. The highest BCUT2D eigenvalue weighted by Crippen LogP contribution is 2.41. The van der Waals surface area contributed by atoms with E-state index in [1.165, 1.54) is 0 Å². The summed E-state index contributed by atoms with van der Waals surface area (Å²) in [6, 6.07) is 24.5. The molecule has 0 bridgehead atoms. The molecule has 3 aromatic carbocycles. The predicted octanol–water partition coefficient (Wildman–Crippen LogP) is 5.13. The van der Waals surface area contributed by atoms with Gasteiger partial charge in [0, 0.05) is 17.8 Å². The van der Waals surface area contributed by atoms with Crippen LogP contribution in [0, 0.1) is 12.8 Å². The highest BCUT2D eigenvalue weighted by molar-refractivity contribution is 6.00. The van der Waals surface area contributed by atoms with Crippen LogP contribution in [0.5, 0.6) is 5.75 Å². The molecular weight excluding hydrogens is 388 g/mol.